The summed E-state index contributed by atoms with van der Waals surface area (Å²) in [4.78, 5) is 0. The molecule has 0 fully saturated rings. The fourth-order valence-electron chi connectivity index (χ4n) is 1.95. The highest BCUT2D eigenvalue weighted by atomic mass is 16.5. The van der Waals surface area contributed by atoms with Crippen LogP contribution in [-0.4, -0.2) is 20.3 Å². The van der Waals surface area contributed by atoms with E-state index >= 15 is 0 Å². The minimum Gasteiger partial charge on any atom is -0.495 e. The fraction of sp³-hybridized carbons (Fsp3) is 0.294. The summed E-state index contributed by atoms with van der Waals surface area (Å²) in [6, 6.07) is 17.9. The average molecular weight is 271 g/mol. The van der Waals surface area contributed by atoms with Gasteiger partial charge in [0.2, 0.25) is 0 Å². The Morgan fingerprint density at radius 1 is 0.900 bits per heavy atom. The highest BCUT2D eigenvalue weighted by Gasteiger charge is 1.99. The van der Waals surface area contributed by atoms with Crippen molar-refractivity contribution in [3.05, 3.63) is 54.6 Å². The highest BCUT2D eigenvalue weighted by Crippen LogP contribution is 2.22. The first-order chi connectivity index (χ1) is 9.90. The summed E-state index contributed by atoms with van der Waals surface area (Å²) in [7, 11) is 1.69. The summed E-state index contributed by atoms with van der Waals surface area (Å²) < 4.78 is 10.9. The van der Waals surface area contributed by atoms with Crippen LogP contribution < -0.4 is 14.8 Å². The number of nitrogens with one attached hydrogen (secondary N) is 1. The summed E-state index contributed by atoms with van der Waals surface area (Å²) >= 11 is 0. The van der Waals surface area contributed by atoms with Gasteiger partial charge in [-0.2, -0.15) is 0 Å². The van der Waals surface area contributed by atoms with E-state index in [1.807, 2.05) is 54.6 Å². The van der Waals surface area contributed by atoms with E-state index < -0.39 is 0 Å². The Labute approximate surface area is 120 Å². The molecule has 2 aromatic rings. The lowest BCUT2D eigenvalue weighted by Crippen LogP contribution is -2.05. The number of hydrogen-bond acceptors (Lipinski definition) is 3. The number of benzene rings is 2. The molecule has 0 saturated heterocycles. The zero-order valence-corrected chi connectivity index (χ0v) is 11.8. The van der Waals surface area contributed by atoms with Crippen molar-refractivity contribution in [2.24, 2.45) is 0 Å². The standard InChI is InChI=1S/C17H21NO2/c1-19-17-12-6-5-11-16(17)18-13-7-8-14-20-15-9-3-2-4-10-15/h2-6,9-12,18H,7-8,13-14H2,1H3. The highest BCUT2D eigenvalue weighted by molar-refractivity contribution is 5.55. The van der Waals surface area contributed by atoms with E-state index in [9.17, 15) is 0 Å². The SMILES string of the molecule is COc1ccccc1NCCCCOc1ccccc1. The van der Waals surface area contributed by atoms with Gasteiger partial charge >= 0.3 is 0 Å². The predicted octanol–water partition coefficient (Wildman–Crippen LogP) is 3.97. The molecule has 0 bridgehead atoms. The molecule has 0 radical (unpaired) electrons. The van der Waals surface area contributed by atoms with Crippen LogP contribution in [0.5, 0.6) is 11.5 Å². The number of para-hydroxylation sites is 3. The fourth-order valence-corrected chi connectivity index (χ4v) is 1.95. The minimum atomic E-state index is 0.748. The van der Waals surface area contributed by atoms with E-state index in [-0.39, 0.29) is 0 Å². The normalized spacial score (nSPS) is 10.1. The molecule has 0 aliphatic carbocycles. The molecule has 3 nitrogen and oxygen atoms in total. The van der Waals surface area contributed by atoms with Crippen molar-refractivity contribution < 1.29 is 9.47 Å². The Morgan fingerprint density at radius 2 is 1.65 bits per heavy atom. The van der Waals surface area contributed by atoms with Gasteiger partial charge in [0.05, 0.1) is 19.4 Å². The van der Waals surface area contributed by atoms with Crippen molar-refractivity contribution in [3.8, 4) is 11.5 Å². The van der Waals surface area contributed by atoms with Crippen LogP contribution in [0, 0.1) is 0 Å². The van der Waals surface area contributed by atoms with E-state index in [1.54, 1.807) is 7.11 Å². The van der Waals surface area contributed by atoms with Crippen LogP contribution in [0.2, 0.25) is 0 Å². The molecule has 2 rings (SSSR count). The van der Waals surface area contributed by atoms with Crippen LogP contribution >= 0.6 is 0 Å². The largest absolute Gasteiger partial charge is 0.495 e. The molecule has 2 aromatic carbocycles. The van der Waals surface area contributed by atoms with Crippen LogP contribution in [0.4, 0.5) is 5.69 Å². The maximum Gasteiger partial charge on any atom is 0.141 e. The van der Waals surface area contributed by atoms with Gasteiger partial charge in [0.15, 0.2) is 0 Å². The van der Waals surface area contributed by atoms with Crippen LogP contribution in [-0.2, 0) is 0 Å². The van der Waals surface area contributed by atoms with Gasteiger partial charge in [0.1, 0.15) is 11.5 Å². The number of unbranched alkanes of at least 4 members (excludes halogenated alkanes) is 1. The van der Waals surface area contributed by atoms with Crippen molar-refractivity contribution in [1.82, 2.24) is 0 Å². The third kappa shape index (κ3) is 4.50. The van der Waals surface area contributed by atoms with Crippen molar-refractivity contribution in [3.63, 3.8) is 0 Å². The van der Waals surface area contributed by atoms with E-state index in [0.29, 0.717) is 0 Å². The number of anilines is 1. The zero-order chi connectivity index (χ0) is 14.0. The molecule has 3 heteroatoms. The Kier molecular flexibility index (Phi) is 5.77. The molecular weight excluding hydrogens is 250 g/mol. The molecule has 0 atom stereocenters. The summed E-state index contributed by atoms with van der Waals surface area (Å²) in [6.45, 7) is 1.66. The molecule has 0 spiro atoms. The average Bonchev–Trinajstić information content (AvgIpc) is 2.52. The molecule has 0 unspecified atom stereocenters. The summed E-state index contributed by atoms with van der Waals surface area (Å²) in [5.41, 5.74) is 1.04. The van der Waals surface area contributed by atoms with Crippen molar-refractivity contribution in [2.45, 2.75) is 12.8 Å². The lowest BCUT2D eigenvalue weighted by Gasteiger charge is -2.11. The molecule has 0 amide bonds. The summed E-state index contributed by atoms with van der Waals surface area (Å²) in [5.74, 6) is 1.82. The maximum atomic E-state index is 5.65. The lowest BCUT2D eigenvalue weighted by atomic mass is 10.2. The molecule has 0 aliphatic heterocycles. The molecule has 20 heavy (non-hydrogen) atoms. The van der Waals surface area contributed by atoms with E-state index in [0.717, 1.165) is 43.2 Å². The van der Waals surface area contributed by atoms with Gasteiger partial charge < -0.3 is 14.8 Å². The monoisotopic (exact) mass is 271 g/mol. The third-order valence-corrected chi connectivity index (χ3v) is 3.01. The molecule has 0 saturated carbocycles. The third-order valence-electron chi connectivity index (χ3n) is 3.01. The van der Waals surface area contributed by atoms with Crippen molar-refractivity contribution in [1.29, 1.82) is 0 Å². The Bertz CT molecular complexity index is 499. The van der Waals surface area contributed by atoms with Gasteiger partial charge in [-0.3, -0.25) is 0 Å². The maximum absolute atomic E-state index is 5.65. The lowest BCUT2D eigenvalue weighted by molar-refractivity contribution is 0.308. The van der Waals surface area contributed by atoms with E-state index in [1.165, 1.54) is 0 Å². The minimum absolute atomic E-state index is 0.748. The van der Waals surface area contributed by atoms with E-state index in [4.69, 9.17) is 9.47 Å². The van der Waals surface area contributed by atoms with Crippen LogP contribution in [0.3, 0.4) is 0 Å². The molecule has 0 aliphatic rings. The molecule has 1 N–H and O–H groups in total. The number of hydrogen-bond donors (Lipinski definition) is 1. The van der Waals surface area contributed by atoms with E-state index in [2.05, 4.69) is 5.32 Å². The van der Waals surface area contributed by atoms with Gasteiger partial charge in [-0.05, 0) is 37.1 Å². The Hall–Kier alpha value is -2.16. The second-order valence-corrected chi connectivity index (χ2v) is 4.50. The van der Waals surface area contributed by atoms with Gasteiger partial charge in [-0.1, -0.05) is 30.3 Å². The van der Waals surface area contributed by atoms with Crippen LogP contribution in [0.25, 0.3) is 0 Å². The van der Waals surface area contributed by atoms with Crippen molar-refractivity contribution >= 4 is 5.69 Å². The summed E-state index contributed by atoms with van der Waals surface area (Å²) in [5, 5.41) is 3.38. The topological polar surface area (TPSA) is 30.5 Å². The van der Waals surface area contributed by atoms with Crippen molar-refractivity contribution in [2.75, 3.05) is 25.6 Å². The first kappa shape index (κ1) is 14.3. The second-order valence-electron chi connectivity index (χ2n) is 4.50. The van der Waals surface area contributed by atoms with Gasteiger partial charge in [0, 0.05) is 6.54 Å². The Morgan fingerprint density at radius 3 is 2.45 bits per heavy atom. The van der Waals surface area contributed by atoms with Crippen LogP contribution in [0.1, 0.15) is 12.8 Å². The predicted molar refractivity (Wildman–Crippen MR) is 82.7 cm³/mol. The second kappa shape index (κ2) is 8.10. The first-order valence-electron chi connectivity index (χ1n) is 6.95. The molecule has 0 heterocycles. The van der Waals surface area contributed by atoms with Gasteiger partial charge in [-0.25, -0.2) is 0 Å². The summed E-state index contributed by atoms with van der Waals surface area (Å²) in [6.07, 6.45) is 2.09. The van der Waals surface area contributed by atoms with Gasteiger partial charge in [-0.15, -0.1) is 0 Å². The smallest absolute Gasteiger partial charge is 0.141 e. The van der Waals surface area contributed by atoms with Crippen LogP contribution in [0.15, 0.2) is 54.6 Å². The molecule has 0 aromatic heterocycles. The zero-order valence-electron chi connectivity index (χ0n) is 11.8. The molecule has 106 valence electrons. The number of ether oxygens (including phenoxy) is 2. The quantitative estimate of drug-likeness (QED) is 0.737. The molecular formula is C17H21NO2. The number of rotatable bonds is 8. The number of methoxy groups -OCH3 is 1. The van der Waals surface area contributed by atoms with Gasteiger partial charge in [0.25, 0.3) is 0 Å². The first-order valence-corrected chi connectivity index (χ1v) is 6.95. The Balaban J connectivity index is 1.62.